The van der Waals surface area contributed by atoms with E-state index in [1.54, 1.807) is 13.0 Å². The smallest absolute Gasteiger partial charge is 0.239 e. The van der Waals surface area contributed by atoms with Crippen LogP contribution < -0.4 is 22.3 Å². The highest BCUT2D eigenvalue weighted by Gasteiger charge is 2.11. The quantitative estimate of drug-likeness (QED) is 0.384. The zero-order valence-electron chi connectivity index (χ0n) is 10.4. The molecule has 6 N–H and O–H groups in total. The molecule has 8 nitrogen and oxygen atoms in total. The molecule has 0 aromatic carbocycles. The van der Waals surface area contributed by atoms with Crippen molar-refractivity contribution < 1.29 is 9.53 Å². The highest BCUT2D eigenvalue weighted by Crippen LogP contribution is 2.12. The number of anilines is 2. The number of primary amides is 1. The summed E-state index contributed by atoms with van der Waals surface area (Å²) in [6.07, 6.45) is 0. The Kier molecular flexibility index (Phi) is 5.28. The highest BCUT2D eigenvalue weighted by molar-refractivity contribution is 5.82. The molecule has 8 heteroatoms. The number of hydrogen-bond acceptors (Lipinski definition) is 7. The number of hydrazine groups is 1. The third kappa shape index (κ3) is 4.15. The maximum atomic E-state index is 11.0. The number of carbonyl (C=O) groups excluding carboxylic acids is 1. The van der Waals surface area contributed by atoms with Crippen molar-refractivity contribution in [2.24, 2.45) is 11.6 Å². The van der Waals surface area contributed by atoms with Crippen LogP contribution in [-0.2, 0) is 16.1 Å². The van der Waals surface area contributed by atoms with Gasteiger partial charge in [0.1, 0.15) is 24.3 Å². The van der Waals surface area contributed by atoms with E-state index in [2.05, 4.69) is 20.7 Å². The third-order valence-electron chi connectivity index (χ3n) is 2.15. The summed E-state index contributed by atoms with van der Waals surface area (Å²) in [6, 6.07) is 1.04. The van der Waals surface area contributed by atoms with Crippen LogP contribution in [0.5, 0.6) is 0 Å². The molecule has 1 unspecified atom stereocenters. The molecule has 18 heavy (non-hydrogen) atoms. The van der Waals surface area contributed by atoms with Crippen LogP contribution in [0.1, 0.15) is 19.7 Å². The van der Waals surface area contributed by atoms with Crippen LogP contribution in [0.3, 0.4) is 0 Å². The fraction of sp³-hybridized carbons (Fsp3) is 0.500. The maximum Gasteiger partial charge on any atom is 0.239 e. The molecule has 1 rings (SSSR count). The Labute approximate surface area is 105 Å². The number of nitrogens with two attached hydrogens (primary N) is 2. The topological polar surface area (TPSA) is 128 Å². The van der Waals surface area contributed by atoms with Crippen molar-refractivity contribution in [3.63, 3.8) is 0 Å². The predicted octanol–water partition coefficient (Wildman–Crippen LogP) is -0.416. The lowest BCUT2D eigenvalue weighted by Crippen LogP contribution is -2.33. The molecular formula is C10H18N6O2. The molecule has 1 amide bonds. The van der Waals surface area contributed by atoms with E-state index >= 15 is 0 Å². The molecule has 0 saturated carbocycles. The Morgan fingerprint density at radius 1 is 1.50 bits per heavy atom. The van der Waals surface area contributed by atoms with Crippen LogP contribution in [0.25, 0.3) is 0 Å². The predicted molar refractivity (Wildman–Crippen MR) is 67.5 cm³/mol. The van der Waals surface area contributed by atoms with Crippen molar-refractivity contribution in [3.05, 3.63) is 11.9 Å². The standard InChI is InChI=1S/C10H18N6O2/c1-3-18-5-9-14-7(4-8(15-9)16-12)13-6(2)10(11)17/h4,6H,3,5,12H2,1-2H3,(H2,11,17)(H2,13,14,15,16). The molecule has 0 spiro atoms. The number of ether oxygens (including phenoxy) is 1. The fourth-order valence-electron chi connectivity index (χ4n) is 1.20. The van der Waals surface area contributed by atoms with Crippen molar-refractivity contribution in [1.82, 2.24) is 9.97 Å². The average molecular weight is 254 g/mol. The molecule has 1 heterocycles. The SMILES string of the molecule is CCOCc1nc(NN)cc(NC(C)C(N)=O)n1. The molecule has 0 aliphatic rings. The third-order valence-corrected chi connectivity index (χ3v) is 2.15. The van der Waals surface area contributed by atoms with E-state index < -0.39 is 11.9 Å². The van der Waals surface area contributed by atoms with Gasteiger partial charge in [0.2, 0.25) is 5.91 Å². The lowest BCUT2D eigenvalue weighted by Gasteiger charge is -2.13. The normalized spacial score (nSPS) is 11.9. The lowest BCUT2D eigenvalue weighted by molar-refractivity contribution is -0.118. The van der Waals surface area contributed by atoms with E-state index in [0.29, 0.717) is 24.1 Å². The van der Waals surface area contributed by atoms with Crippen molar-refractivity contribution in [1.29, 1.82) is 0 Å². The molecule has 0 fully saturated rings. The summed E-state index contributed by atoms with van der Waals surface area (Å²) in [5, 5.41) is 2.86. The summed E-state index contributed by atoms with van der Waals surface area (Å²) in [7, 11) is 0. The van der Waals surface area contributed by atoms with Crippen LogP contribution in [-0.4, -0.2) is 28.5 Å². The van der Waals surface area contributed by atoms with Gasteiger partial charge in [0, 0.05) is 12.7 Å². The minimum absolute atomic E-state index is 0.269. The summed E-state index contributed by atoms with van der Waals surface area (Å²) in [6.45, 7) is 4.34. The van der Waals surface area contributed by atoms with Gasteiger partial charge in [-0.15, -0.1) is 0 Å². The second-order valence-electron chi connectivity index (χ2n) is 3.60. The maximum absolute atomic E-state index is 11.0. The summed E-state index contributed by atoms with van der Waals surface area (Å²) in [4.78, 5) is 19.3. The molecule has 0 bridgehead atoms. The molecule has 100 valence electrons. The zero-order valence-corrected chi connectivity index (χ0v) is 10.4. The van der Waals surface area contributed by atoms with E-state index in [1.165, 1.54) is 0 Å². The second kappa shape index (κ2) is 6.72. The number of hydrogen-bond donors (Lipinski definition) is 4. The minimum atomic E-state index is -0.537. The van der Waals surface area contributed by atoms with E-state index in [4.69, 9.17) is 16.3 Å². The number of nitrogens with one attached hydrogen (secondary N) is 2. The van der Waals surface area contributed by atoms with Gasteiger partial charge in [0.15, 0.2) is 5.82 Å². The van der Waals surface area contributed by atoms with Gasteiger partial charge in [-0.1, -0.05) is 0 Å². The van der Waals surface area contributed by atoms with Crippen molar-refractivity contribution in [2.75, 3.05) is 17.3 Å². The number of rotatable bonds is 7. The van der Waals surface area contributed by atoms with Gasteiger partial charge in [-0.2, -0.15) is 0 Å². The first kappa shape index (κ1) is 14.1. The largest absolute Gasteiger partial charge is 0.374 e. The summed E-state index contributed by atoms with van der Waals surface area (Å²) < 4.78 is 5.21. The van der Waals surface area contributed by atoms with Gasteiger partial charge in [-0.3, -0.25) is 4.79 Å². The second-order valence-corrected chi connectivity index (χ2v) is 3.60. The van der Waals surface area contributed by atoms with Crippen molar-refractivity contribution in [2.45, 2.75) is 26.5 Å². The van der Waals surface area contributed by atoms with E-state index in [-0.39, 0.29) is 6.61 Å². The van der Waals surface area contributed by atoms with Gasteiger partial charge < -0.3 is 21.2 Å². The van der Waals surface area contributed by atoms with Crippen LogP contribution in [0.4, 0.5) is 11.6 Å². The highest BCUT2D eigenvalue weighted by atomic mass is 16.5. The Morgan fingerprint density at radius 2 is 2.17 bits per heavy atom. The van der Waals surface area contributed by atoms with E-state index in [0.717, 1.165) is 0 Å². The number of aromatic nitrogens is 2. The number of amides is 1. The van der Waals surface area contributed by atoms with E-state index in [9.17, 15) is 4.79 Å². The van der Waals surface area contributed by atoms with Gasteiger partial charge >= 0.3 is 0 Å². The Balaban J connectivity index is 2.86. The lowest BCUT2D eigenvalue weighted by atomic mass is 10.3. The van der Waals surface area contributed by atoms with Crippen LogP contribution in [0.2, 0.25) is 0 Å². The molecule has 1 aromatic rings. The molecule has 0 aliphatic carbocycles. The molecule has 0 radical (unpaired) electrons. The van der Waals surface area contributed by atoms with Gasteiger partial charge in [0.25, 0.3) is 0 Å². The average Bonchev–Trinajstić information content (AvgIpc) is 2.35. The Morgan fingerprint density at radius 3 is 2.72 bits per heavy atom. The summed E-state index contributed by atoms with van der Waals surface area (Å²) in [5.74, 6) is 6.19. The molecule has 1 aromatic heterocycles. The van der Waals surface area contributed by atoms with E-state index in [1.807, 2.05) is 6.92 Å². The van der Waals surface area contributed by atoms with Crippen molar-refractivity contribution >= 4 is 17.5 Å². The van der Waals surface area contributed by atoms with Crippen LogP contribution >= 0.6 is 0 Å². The van der Waals surface area contributed by atoms with Gasteiger partial charge in [-0.25, -0.2) is 15.8 Å². The number of carbonyl (C=O) groups is 1. The molecule has 1 atom stereocenters. The number of nitrogen functional groups attached to an aromatic ring is 1. The summed E-state index contributed by atoms with van der Waals surface area (Å²) in [5.41, 5.74) is 7.59. The molecule has 0 saturated heterocycles. The fourth-order valence-corrected chi connectivity index (χ4v) is 1.20. The van der Waals surface area contributed by atoms with Gasteiger partial charge in [0.05, 0.1) is 0 Å². The zero-order chi connectivity index (χ0) is 13.5. The van der Waals surface area contributed by atoms with Crippen molar-refractivity contribution in [3.8, 4) is 0 Å². The van der Waals surface area contributed by atoms with Gasteiger partial charge in [-0.05, 0) is 13.8 Å². The monoisotopic (exact) mass is 254 g/mol. The minimum Gasteiger partial charge on any atom is -0.374 e. The Hall–Kier alpha value is -1.93. The number of nitrogens with zero attached hydrogens (tertiary/aromatic N) is 2. The van der Waals surface area contributed by atoms with Crippen LogP contribution in [0.15, 0.2) is 6.07 Å². The first-order chi connectivity index (χ1) is 8.56. The molecule has 0 aliphatic heterocycles. The Bertz CT molecular complexity index is 411. The summed E-state index contributed by atoms with van der Waals surface area (Å²) >= 11 is 0. The first-order valence-corrected chi connectivity index (χ1v) is 5.55. The first-order valence-electron chi connectivity index (χ1n) is 5.55. The molecular weight excluding hydrogens is 236 g/mol. The van der Waals surface area contributed by atoms with Crippen LogP contribution in [0, 0.1) is 0 Å².